The zero-order chi connectivity index (χ0) is 27.7. The fraction of sp³-hybridized carbons (Fsp3) is 0.788. The summed E-state index contributed by atoms with van der Waals surface area (Å²) in [6.07, 6.45) is 7.73. The van der Waals surface area contributed by atoms with E-state index >= 15 is 0 Å². The van der Waals surface area contributed by atoms with Crippen LogP contribution in [0, 0.1) is 46.3 Å². The molecule has 1 amide bonds. The molecule has 1 aliphatic heterocycles. The highest BCUT2D eigenvalue weighted by atomic mass is 79.9. The van der Waals surface area contributed by atoms with E-state index in [1.165, 1.54) is 11.1 Å². The van der Waals surface area contributed by atoms with Crippen molar-refractivity contribution in [1.29, 1.82) is 0 Å². The molecule has 5 nitrogen and oxygen atoms in total. The van der Waals surface area contributed by atoms with Crippen molar-refractivity contribution in [2.75, 3.05) is 6.54 Å². The van der Waals surface area contributed by atoms with E-state index in [0.717, 1.165) is 68.8 Å². The van der Waals surface area contributed by atoms with Crippen LogP contribution < -0.4 is 0 Å². The molecule has 1 aromatic rings. The Balaban J connectivity index is 1.13. The number of carbonyl (C=O) groups is 1. The standard InChI is InChI=1S/C33H48BrNO4/c1-19(4-9-30(39)35-13-11-20-14-23(34)6-5-21(20)18-35)25-7-8-26-31-27(17-29(38)33(25,26)3)32(2)12-10-24(36)15-22(32)16-28(31)37/h5-6,14,19,22,24-29,31,36-38H,4,7-13,15-18H2,1-3H3/t19-,22+,24-,25-,26+,27+,28-,29+,31+,32+,33-/m1/s1. The summed E-state index contributed by atoms with van der Waals surface area (Å²) in [7, 11) is 0. The third-order valence-corrected chi connectivity index (χ3v) is 13.4. The first-order chi connectivity index (χ1) is 18.5. The molecule has 0 unspecified atom stereocenters. The molecule has 0 bridgehead atoms. The van der Waals surface area contributed by atoms with Crippen LogP contribution in [0.15, 0.2) is 22.7 Å². The Morgan fingerprint density at radius 3 is 2.67 bits per heavy atom. The van der Waals surface area contributed by atoms with Gasteiger partial charge in [-0.25, -0.2) is 0 Å². The Hall–Kier alpha value is -0.950. The number of halogens is 1. The van der Waals surface area contributed by atoms with E-state index in [1.807, 2.05) is 4.90 Å². The predicted molar refractivity (Wildman–Crippen MR) is 156 cm³/mol. The van der Waals surface area contributed by atoms with Crippen molar-refractivity contribution in [3.63, 3.8) is 0 Å². The van der Waals surface area contributed by atoms with Crippen LogP contribution in [0.2, 0.25) is 0 Å². The van der Waals surface area contributed by atoms with Gasteiger partial charge in [0.2, 0.25) is 5.91 Å². The Bertz CT molecular complexity index is 1100. The van der Waals surface area contributed by atoms with Crippen molar-refractivity contribution >= 4 is 21.8 Å². The summed E-state index contributed by atoms with van der Waals surface area (Å²) in [5.41, 5.74) is 2.49. The highest BCUT2D eigenvalue weighted by Gasteiger charge is 2.65. The summed E-state index contributed by atoms with van der Waals surface area (Å²) in [6, 6.07) is 6.38. The minimum absolute atomic E-state index is 0.102. The first kappa shape index (κ1) is 28.2. The minimum Gasteiger partial charge on any atom is -0.393 e. The number of amides is 1. The zero-order valence-electron chi connectivity index (χ0n) is 24.0. The fourth-order valence-electron chi connectivity index (χ4n) is 10.6. The topological polar surface area (TPSA) is 81.0 Å². The van der Waals surface area contributed by atoms with Crippen LogP contribution in [0.1, 0.15) is 89.7 Å². The van der Waals surface area contributed by atoms with E-state index in [-0.39, 0.29) is 41.0 Å². The lowest BCUT2D eigenvalue weighted by Gasteiger charge is -2.63. The molecule has 39 heavy (non-hydrogen) atoms. The molecule has 4 saturated carbocycles. The van der Waals surface area contributed by atoms with E-state index in [2.05, 4.69) is 54.9 Å². The number of aliphatic hydroxyl groups excluding tert-OH is 3. The highest BCUT2D eigenvalue weighted by Crippen LogP contribution is 2.68. The van der Waals surface area contributed by atoms with Crippen LogP contribution >= 0.6 is 15.9 Å². The molecule has 1 heterocycles. The van der Waals surface area contributed by atoms with Gasteiger partial charge in [0.05, 0.1) is 18.3 Å². The zero-order valence-corrected chi connectivity index (χ0v) is 25.6. The monoisotopic (exact) mass is 601 g/mol. The maximum Gasteiger partial charge on any atom is 0.222 e. The first-order valence-corrected chi connectivity index (χ1v) is 16.4. The number of aliphatic hydroxyl groups is 3. The summed E-state index contributed by atoms with van der Waals surface area (Å²) >= 11 is 3.56. The van der Waals surface area contributed by atoms with Gasteiger partial charge in [0, 0.05) is 24.0 Å². The summed E-state index contributed by atoms with van der Waals surface area (Å²) in [6.45, 7) is 8.48. The van der Waals surface area contributed by atoms with Gasteiger partial charge >= 0.3 is 0 Å². The van der Waals surface area contributed by atoms with Crippen LogP contribution in [-0.2, 0) is 17.8 Å². The SMILES string of the molecule is C[C@H](CCC(=O)N1CCc2cc(Br)ccc2C1)[C@H]1CC[C@H]2[C@@H]3[C@H](O)C[C@@H]4C[C@H](O)CC[C@]4(C)[C@H]3C[C@H](O)[C@]12C. The van der Waals surface area contributed by atoms with Gasteiger partial charge in [-0.2, -0.15) is 0 Å². The normalized spacial score (nSPS) is 44.1. The van der Waals surface area contributed by atoms with Crippen LogP contribution in [0.4, 0.5) is 0 Å². The van der Waals surface area contributed by atoms with E-state index in [0.29, 0.717) is 42.6 Å². The molecule has 4 aliphatic carbocycles. The molecule has 5 aliphatic rings. The van der Waals surface area contributed by atoms with Crippen LogP contribution in [0.5, 0.6) is 0 Å². The maximum absolute atomic E-state index is 13.3. The molecule has 1 aromatic carbocycles. The molecular weight excluding hydrogens is 554 g/mol. The molecule has 4 fully saturated rings. The highest BCUT2D eigenvalue weighted by molar-refractivity contribution is 9.10. The van der Waals surface area contributed by atoms with Crippen molar-refractivity contribution in [3.05, 3.63) is 33.8 Å². The maximum atomic E-state index is 13.3. The molecule has 11 atom stereocenters. The summed E-state index contributed by atoms with van der Waals surface area (Å²) in [4.78, 5) is 15.3. The number of hydrogen-bond donors (Lipinski definition) is 3. The molecule has 0 aromatic heterocycles. The van der Waals surface area contributed by atoms with Gasteiger partial charge in [0.1, 0.15) is 0 Å². The Kier molecular flexibility index (Phi) is 7.51. The van der Waals surface area contributed by atoms with Crippen molar-refractivity contribution in [2.24, 2.45) is 46.3 Å². The smallest absolute Gasteiger partial charge is 0.222 e. The number of benzene rings is 1. The second-order valence-electron chi connectivity index (χ2n) is 14.5. The van der Waals surface area contributed by atoms with Crippen LogP contribution in [-0.4, -0.2) is 51.0 Å². The number of carbonyl (C=O) groups excluding carboxylic acids is 1. The Morgan fingerprint density at radius 2 is 1.87 bits per heavy atom. The lowest BCUT2D eigenvalue weighted by molar-refractivity contribution is -0.207. The number of hydrogen-bond acceptors (Lipinski definition) is 4. The second-order valence-corrected chi connectivity index (χ2v) is 15.4. The average molecular weight is 603 g/mol. The Labute approximate surface area is 242 Å². The third-order valence-electron chi connectivity index (χ3n) is 12.9. The second kappa shape index (κ2) is 10.4. The lowest BCUT2D eigenvalue weighted by Crippen LogP contribution is -2.62. The third kappa shape index (κ3) is 4.64. The van der Waals surface area contributed by atoms with Gasteiger partial charge in [-0.15, -0.1) is 0 Å². The molecule has 6 rings (SSSR count). The summed E-state index contributed by atoms with van der Waals surface area (Å²) in [5.74, 6) is 2.22. The van der Waals surface area contributed by atoms with E-state index < -0.39 is 0 Å². The van der Waals surface area contributed by atoms with Gasteiger partial charge in [0.15, 0.2) is 0 Å². The quantitative estimate of drug-likeness (QED) is 0.413. The fourth-order valence-corrected chi connectivity index (χ4v) is 11.0. The van der Waals surface area contributed by atoms with Crippen LogP contribution in [0.3, 0.4) is 0 Å². The summed E-state index contributed by atoms with van der Waals surface area (Å²) < 4.78 is 1.10. The predicted octanol–water partition coefficient (Wildman–Crippen LogP) is 5.71. The largest absolute Gasteiger partial charge is 0.393 e. The molecule has 0 spiro atoms. The Morgan fingerprint density at radius 1 is 1.08 bits per heavy atom. The molecule has 6 heteroatoms. The van der Waals surface area contributed by atoms with Crippen LogP contribution in [0.25, 0.3) is 0 Å². The van der Waals surface area contributed by atoms with Crippen molar-refractivity contribution in [3.8, 4) is 0 Å². The van der Waals surface area contributed by atoms with E-state index in [4.69, 9.17) is 0 Å². The number of fused-ring (bicyclic) bond motifs is 6. The molecule has 3 N–H and O–H groups in total. The minimum atomic E-state index is -0.373. The number of rotatable bonds is 4. The lowest BCUT2D eigenvalue weighted by atomic mass is 9.43. The average Bonchev–Trinajstić information content (AvgIpc) is 3.27. The number of nitrogens with zero attached hydrogens (tertiary/aromatic N) is 1. The molecule has 0 radical (unpaired) electrons. The van der Waals surface area contributed by atoms with E-state index in [1.54, 1.807) is 0 Å². The van der Waals surface area contributed by atoms with Gasteiger partial charge in [-0.1, -0.05) is 42.8 Å². The van der Waals surface area contributed by atoms with Gasteiger partial charge in [-0.3, -0.25) is 4.79 Å². The van der Waals surface area contributed by atoms with Crippen molar-refractivity contribution < 1.29 is 20.1 Å². The first-order valence-electron chi connectivity index (χ1n) is 15.6. The van der Waals surface area contributed by atoms with E-state index in [9.17, 15) is 20.1 Å². The van der Waals surface area contributed by atoms with Gasteiger partial charge in [0.25, 0.3) is 0 Å². The van der Waals surface area contributed by atoms with Crippen molar-refractivity contribution in [1.82, 2.24) is 4.90 Å². The molecule has 216 valence electrons. The van der Waals surface area contributed by atoms with Gasteiger partial charge in [-0.05, 0) is 127 Å². The molecular formula is C33H48BrNO4. The van der Waals surface area contributed by atoms with Crippen molar-refractivity contribution in [2.45, 2.75) is 110 Å². The van der Waals surface area contributed by atoms with Gasteiger partial charge < -0.3 is 20.2 Å². The molecule has 0 saturated heterocycles. The summed E-state index contributed by atoms with van der Waals surface area (Å²) in [5, 5.41) is 33.7.